The van der Waals surface area contributed by atoms with Crippen molar-refractivity contribution in [2.24, 2.45) is 5.16 Å². The number of carbonyl (C=O) groups is 6. The predicted octanol–water partition coefficient (Wildman–Crippen LogP) is -0.122. The Labute approximate surface area is 226 Å². The third-order valence-electron chi connectivity index (χ3n) is 5.63. The van der Waals surface area contributed by atoms with Gasteiger partial charge in [0, 0.05) is 32.3 Å². The summed E-state index contributed by atoms with van der Waals surface area (Å²) in [7, 11) is 2.68. The summed E-state index contributed by atoms with van der Waals surface area (Å²) in [5.74, 6) is -3.84. The number of furan rings is 1. The number of nitrogens with one attached hydrogen (secondary N) is 2. The summed E-state index contributed by atoms with van der Waals surface area (Å²) >= 11 is 1.20. The van der Waals surface area contributed by atoms with Crippen molar-refractivity contribution in [3.8, 4) is 0 Å². The van der Waals surface area contributed by atoms with Gasteiger partial charge in [-0.15, -0.1) is 11.8 Å². The van der Waals surface area contributed by atoms with E-state index in [1.165, 1.54) is 58.1 Å². The monoisotopic (exact) mass is 565 g/mol. The number of carboxylic acids is 1. The number of esters is 1. The summed E-state index contributed by atoms with van der Waals surface area (Å²) in [5.41, 5.74) is -0.358. The first-order valence-corrected chi connectivity index (χ1v) is 12.6. The lowest BCUT2D eigenvalue weighted by Crippen LogP contribution is -2.71. The zero-order valence-electron chi connectivity index (χ0n) is 21.5. The highest BCUT2D eigenvalue weighted by Crippen LogP contribution is 2.40. The Hall–Kier alpha value is -4.34. The number of amides is 5. The first-order chi connectivity index (χ1) is 18.5. The van der Waals surface area contributed by atoms with Gasteiger partial charge in [0.2, 0.25) is 11.6 Å². The molecule has 1 saturated heterocycles. The number of urea groups is 1. The van der Waals surface area contributed by atoms with Gasteiger partial charge in [-0.25, -0.2) is 9.59 Å². The highest BCUT2D eigenvalue weighted by Gasteiger charge is 2.54. The Kier molecular flexibility index (Phi) is 9.34. The van der Waals surface area contributed by atoms with E-state index in [-0.39, 0.29) is 41.5 Å². The van der Waals surface area contributed by atoms with Gasteiger partial charge >= 0.3 is 18.0 Å². The fourth-order valence-corrected chi connectivity index (χ4v) is 4.98. The van der Waals surface area contributed by atoms with Crippen LogP contribution in [-0.2, 0) is 33.5 Å². The third kappa shape index (κ3) is 6.57. The topological polar surface area (TPSA) is 197 Å². The summed E-state index contributed by atoms with van der Waals surface area (Å²) in [4.78, 5) is 80.1. The Bertz CT molecular complexity index is 1230. The fraction of sp³-hybridized carbons (Fsp3) is 0.435. The zero-order valence-corrected chi connectivity index (χ0v) is 22.3. The SMILES string of the molecule is CNC(=O)N(C)C(=O)CC(C)O/N=C(\C(=O)N[C@@H]1C(=O)N2C(C(=O)O)=C(COC(C)=O)CS[C@H]12)c1ccco1. The molecule has 3 N–H and O–H groups in total. The molecule has 2 aliphatic heterocycles. The van der Waals surface area contributed by atoms with Crippen LogP contribution >= 0.6 is 11.8 Å². The quantitative estimate of drug-likeness (QED) is 0.148. The summed E-state index contributed by atoms with van der Waals surface area (Å²) in [6.45, 7) is 2.42. The van der Waals surface area contributed by atoms with Crippen LogP contribution in [0, 0.1) is 0 Å². The number of fused-ring (bicyclic) bond motifs is 1. The Morgan fingerprint density at radius 3 is 2.64 bits per heavy atom. The number of aliphatic carboxylic acids is 1. The minimum Gasteiger partial charge on any atom is -0.477 e. The van der Waals surface area contributed by atoms with Gasteiger partial charge in [-0.1, -0.05) is 5.16 Å². The van der Waals surface area contributed by atoms with Crippen LogP contribution in [0.15, 0.2) is 39.2 Å². The van der Waals surface area contributed by atoms with Crippen molar-refractivity contribution >= 4 is 53.2 Å². The maximum absolute atomic E-state index is 13.1. The van der Waals surface area contributed by atoms with Crippen LogP contribution in [0.2, 0.25) is 0 Å². The van der Waals surface area contributed by atoms with Gasteiger partial charge in [0.25, 0.3) is 11.8 Å². The number of hydrogen-bond donors (Lipinski definition) is 3. The molecule has 39 heavy (non-hydrogen) atoms. The Balaban J connectivity index is 1.72. The molecule has 1 unspecified atom stereocenters. The molecule has 1 fully saturated rings. The van der Waals surface area contributed by atoms with E-state index in [1.54, 1.807) is 0 Å². The number of β-lactam (4-membered cyclic amide) rings is 1. The molecule has 0 saturated carbocycles. The number of hydrogen-bond acceptors (Lipinski definition) is 11. The average Bonchev–Trinajstić information content (AvgIpc) is 3.43. The molecule has 1 aromatic rings. The number of rotatable bonds is 10. The number of imide groups is 1. The number of carboxylic acid groups (broad SMARTS) is 1. The molecule has 210 valence electrons. The van der Waals surface area contributed by atoms with Gasteiger partial charge in [0.1, 0.15) is 29.8 Å². The molecule has 3 atom stereocenters. The van der Waals surface area contributed by atoms with Gasteiger partial charge in [-0.05, 0) is 19.1 Å². The molecule has 15 nitrogen and oxygen atoms in total. The molecule has 5 amide bonds. The molecular formula is C23H27N5O10S. The maximum Gasteiger partial charge on any atom is 0.352 e. The van der Waals surface area contributed by atoms with Crippen molar-refractivity contribution in [2.45, 2.75) is 37.8 Å². The van der Waals surface area contributed by atoms with Crippen LogP contribution in [0.3, 0.4) is 0 Å². The maximum atomic E-state index is 13.1. The van der Waals surface area contributed by atoms with Gasteiger partial charge in [0.05, 0.1) is 12.7 Å². The van der Waals surface area contributed by atoms with Crippen molar-refractivity contribution in [1.82, 2.24) is 20.4 Å². The smallest absolute Gasteiger partial charge is 0.352 e. The average molecular weight is 566 g/mol. The number of nitrogens with zero attached hydrogens (tertiary/aromatic N) is 3. The minimum atomic E-state index is -1.36. The number of oxime groups is 1. The minimum absolute atomic E-state index is 0.0169. The Morgan fingerprint density at radius 2 is 2.05 bits per heavy atom. The molecule has 3 heterocycles. The molecule has 0 aliphatic carbocycles. The standard InChI is InChI=1S/C23H27N5O10S/c1-11(8-15(30)27(4)23(35)24-3)38-26-16(14-6-5-7-36-14)19(31)25-17-20(32)28-18(22(33)34)13(9-37-12(2)29)10-39-21(17)28/h5-7,11,17,21H,8-10H2,1-4H3,(H,24,35)(H,25,31)(H,33,34)/b26-16-/t11?,17-,21-/m1/s1. The molecule has 0 bridgehead atoms. The lowest BCUT2D eigenvalue weighted by Gasteiger charge is -2.49. The predicted molar refractivity (Wildman–Crippen MR) is 134 cm³/mol. The van der Waals surface area contributed by atoms with E-state index in [2.05, 4.69) is 15.8 Å². The highest BCUT2D eigenvalue weighted by molar-refractivity contribution is 8.00. The lowest BCUT2D eigenvalue weighted by atomic mass is 10.0. The van der Waals surface area contributed by atoms with E-state index in [0.29, 0.717) is 0 Å². The molecule has 0 aromatic carbocycles. The van der Waals surface area contributed by atoms with Crippen molar-refractivity contribution in [3.63, 3.8) is 0 Å². The molecular weight excluding hydrogens is 538 g/mol. The number of thioether (sulfide) groups is 1. The van der Waals surface area contributed by atoms with Crippen LogP contribution < -0.4 is 10.6 Å². The first-order valence-electron chi connectivity index (χ1n) is 11.6. The molecule has 0 spiro atoms. The van der Waals surface area contributed by atoms with Crippen molar-refractivity contribution in [2.75, 3.05) is 26.5 Å². The molecule has 0 radical (unpaired) electrons. The van der Waals surface area contributed by atoms with Crippen LogP contribution in [0.25, 0.3) is 0 Å². The molecule has 3 rings (SSSR count). The van der Waals surface area contributed by atoms with Crippen LogP contribution in [0.5, 0.6) is 0 Å². The van der Waals surface area contributed by atoms with E-state index >= 15 is 0 Å². The largest absolute Gasteiger partial charge is 0.477 e. The summed E-state index contributed by atoms with van der Waals surface area (Å²) < 4.78 is 10.2. The van der Waals surface area contributed by atoms with E-state index in [4.69, 9.17) is 14.0 Å². The molecule has 16 heteroatoms. The molecule has 1 aromatic heterocycles. The highest BCUT2D eigenvalue weighted by atomic mass is 32.2. The first kappa shape index (κ1) is 29.2. The van der Waals surface area contributed by atoms with E-state index in [0.717, 1.165) is 9.80 Å². The second-order valence-electron chi connectivity index (χ2n) is 8.44. The van der Waals surface area contributed by atoms with Crippen molar-refractivity contribution < 1.29 is 47.9 Å². The summed E-state index contributed by atoms with van der Waals surface area (Å²) in [5, 5.41) is 17.6. The fourth-order valence-electron chi connectivity index (χ4n) is 3.65. The normalized spacial score (nSPS) is 19.3. The van der Waals surface area contributed by atoms with Gasteiger partial charge < -0.3 is 29.7 Å². The Morgan fingerprint density at radius 1 is 1.33 bits per heavy atom. The van der Waals surface area contributed by atoms with Crippen molar-refractivity contribution in [3.05, 3.63) is 35.4 Å². The van der Waals surface area contributed by atoms with E-state index < -0.39 is 53.2 Å². The molecule has 2 aliphatic rings. The van der Waals surface area contributed by atoms with Crippen LogP contribution in [-0.4, -0.2) is 100 Å². The number of carbonyl (C=O) groups excluding carboxylic acids is 5. The van der Waals surface area contributed by atoms with Crippen LogP contribution in [0.4, 0.5) is 4.79 Å². The second-order valence-corrected chi connectivity index (χ2v) is 9.55. The van der Waals surface area contributed by atoms with Crippen molar-refractivity contribution in [1.29, 1.82) is 0 Å². The number of ether oxygens (including phenoxy) is 1. The van der Waals surface area contributed by atoms with Crippen LogP contribution in [0.1, 0.15) is 26.0 Å². The van der Waals surface area contributed by atoms with Gasteiger partial charge in [-0.3, -0.25) is 29.0 Å². The lowest BCUT2D eigenvalue weighted by molar-refractivity contribution is -0.150. The third-order valence-corrected chi connectivity index (χ3v) is 6.97. The summed E-state index contributed by atoms with van der Waals surface area (Å²) in [6.07, 6.45) is 0.233. The second kappa shape index (κ2) is 12.5. The van der Waals surface area contributed by atoms with Gasteiger partial charge in [-0.2, -0.15) is 0 Å². The van der Waals surface area contributed by atoms with Gasteiger partial charge in [0.15, 0.2) is 5.76 Å². The summed E-state index contributed by atoms with van der Waals surface area (Å²) in [6, 6.07) is 1.26. The zero-order chi connectivity index (χ0) is 28.9. The van der Waals surface area contributed by atoms with E-state index in [1.807, 2.05) is 0 Å². The van der Waals surface area contributed by atoms with E-state index in [9.17, 15) is 33.9 Å².